The van der Waals surface area contributed by atoms with Crippen molar-refractivity contribution in [1.29, 1.82) is 0 Å². The molecule has 0 radical (unpaired) electrons. The van der Waals surface area contributed by atoms with Crippen LogP contribution in [-0.2, 0) is 4.74 Å². The lowest BCUT2D eigenvalue weighted by Gasteiger charge is -2.10. The molecular formula is C14H10N4O3. The van der Waals surface area contributed by atoms with E-state index in [0.29, 0.717) is 16.9 Å². The number of aromatic nitrogens is 4. The van der Waals surface area contributed by atoms with Crippen molar-refractivity contribution >= 4 is 17.1 Å². The Balaban J connectivity index is 1.97. The summed E-state index contributed by atoms with van der Waals surface area (Å²) in [6.07, 6.45) is -0.0696. The van der Waals surface area contributed by atoms with Crippen LogP contribution in [0, 0.1) is 0 Å². The molecule has 7 nitrogen and oxygen atoms in total. The first-order valence-electron chi connectivity index (χ1n) is 6.41. The highest BCUT2D eigenvalue weighted by Crippen LogP contribution is 2.36. The van der Waals surface area contributed by atoms with E-state index < -0.39 is 0 Å². The highest BCUT2D eigenvalue weighted by Gasteiger charge is 2.31. The third-order valence-electron chi connectivity index (χ3n) is 3.70. The normalized spacial score (nSPS) is 14.3. The van der Waals surface area contributed by atoms with Crippen molar-refractivity contribution in [2.45, 2.75) is 13.0 Å². The number of fused-ring (bicyclic) bond motifs is 4. The molecule has 1 aliphatic rings. The maximum atomic E-state index is 12.4. The van der Waals surface area contributed by atoms with Crippen LogP contribution in [0.25, 0.3) is 22.6 Å². The number of rotatable bonds is 2. The Labute approximate surface area is 118 Å². The van der Waals surface area contributed by atoms with E-state index in [-0.39, 0.29) is 23.2 Å². The maximum Gasteiger partial charge on any atom is 0.244 e. The fourth-order valence-corrected chi connectivity index (χ4v) is 2.46. The van der Waals surface area contributed by atoms with Gasteiger partial charge < -0.3 is 4.74 Å². The summed E-state index contributed by atoms with van der Waals surface area (Å²) in [4.78, 5) is 20.9. The number of nitrogens with zero attached hydrogens (tertiary/aromatic N) is 4. The Bertz CT molecular complexity index is 887. The van der Waals surface area contributed by atoms with Gasteiger partial charge in [-0.05, 0) is 34.9 Å². The van der Waals surface area contributed by atoms with Gasteiger partial charge in [-0.1, -0.05) is 6.07 Å². The predicted octanol–water partition coefficient (Wildman–Crippen LogP) is 1.93. The third kappa shape index (κ3) is 1.61. The van der Waals surface area contributed by atoms with E-state index >= 15 is 0 Å². The van der Waals surface area contributed by atoms with Crippen LogP contribution in [0.1, 0.15) is 34.6 Å². The Morgan fingerprint density at radius 3 is 2.52 bits per heavy atom. The lowest BCUT2D eigenvalue weighted by molar-refractivity contribution is 0.103. The summed E-state index contributed by atoms with van der Waals surface area (Å²) in [7, 11) is 1.64. The molecule has 0 saturated carbocycles. The summed E-state index contributed by atoms with van der Waals surface area (Å²) < 4.78 is 9.90. The van der Waals surface area contributed by atoms with Crippen LogP contribution >= 0.6 is 0 Å². The minimum Gasteiger partial charge on any atom is -0.377 e. The van der Waals surface area contributed by atoms with Gasteiger partial charge in [0.15, 0.2) is 0 Å². The van der Waals surface area contributed by atoms with E-state index in [9.17, 15) is 4.79 Å². The average Bonchev–Trinajstić information content (AvgIpc) is 3.08. The zero-order valence-corrected chi connectivity index (χ0v) is 11.3. The Hall–Kier alpha value is -2.67. The lowest BCUT2D eigenvalue weighted by atomic mass is 10.0. The molecule has 1 unspecified atom stereocenters. The minimum atomic E-state index is -0.158. The molecule has 104 valence electrons. The second-order valence-corrected chi connectivity index (χ2v) is 4.84. The number of carbonyl (C=O) groups is 1. The largest absolute Gasteiger partial charge is 0.377 e. The first-order valence-corrected chi connectivity index (χ1v) is 6.41. The number of ketones is 1. The first kappa shape index (κ1) is 12.1. The summed E-state index contributed by atoms with van der Waals surface area (Å²) in [6, 6.07) is 5.56. The summed E-state index contributed by atoms with van der Waals surface area (Å²) in [5.74, 6) is -0.158. The standard InChI is InChI=1S/C14H10N4O3/c1-6(20-2)7-3-4-8-9(5-7)10-11(12(8)19)16-14-13(15-10)17-21-18-14/h3-6H,1-2H3. The lowest BCUT2D eigenvalue weighted by Crippen LogP contribution is -2.00. The van der Waals surface area contributed by atoms with E-state index in [4.69, 9.17) is 4.74 Å². The molecule has 0 bridgehead atoms. The van der Waals surface area contributed by atoms with Gasteiger partial charge >= 0.3 is 0 Å². The number of benzene rings is 1. The van der Waals surface area contributed by atoms with E-state index in [0.717, 1.165) is 11.1 Å². The van der Waals surface area contributed by atoms with Crippen molar-refractivity contribution in [2.75, 3.05) is 7.11 Å². The van der Waals surface area contributed by atoms with Crippen LogP contribution in [-0.4, -0.2) is 33.2 Å². The van der Waals surface area contributed by atoms with Crippen molar-refractivity contribution in [1.82, 2.24) is 20.3 Å². The summed E-state index contributed by atoms with van der Waals surface area (Å²) >= 11 is 0. The molecule has 4 rings (SSSR count). The number of ether oxygens (including phenoxy) is 1. The average molecular weight is 282 g/mol. The van der Waals surface area contributed by atoms with Crippen molar-refractivity contribution in [3.63, 3.8) is 0 Å². The quantitative estimate of drug-likeness (QED) is 0.554. The molecule has 0 saturated heterocycles. The summed E-state index contributed by atoms with van der Waals surface area (Å²) in [6.45, 7) is 1.94. The number of hydrogen-bond acceptors (Lipinski definition) is 7. The second kappa shape index (κ2) is 4.16. The molecule has 0 amide bonds. The van der Waals surface area contributed by atoms with Gasteiger partial charge in [-0.3, -0.25) is 4.79 Å². The molecule has 0 aliphatic heterocycles. The zero-order valence-electron chi connectivity index (χ0n) is 11.3. The molecule has 3 aromatic rings. The topological polar surface area (TPSA) is 91.0 Å². The zero-order chi connectivity index (χ0) is 14.6. The minimum absolute atomic E-state index is 0.0696. The first-order chi connectivity index (χ1) is 10.2. The monoisotopic (exact) mass is 282 g/mol. The number of carbonyl (C=O) groups excluding carboxylic acids is 1. The van der Waals surface area contributed by atoms with Crippen LogP contribution < -0.4 is 0 Å². The van der Waals surface area contributed by atoms with Crippen molar-refractivity contribution in [3.8, 4) is 11.3 Å². The fourth-order valence-electron chi connectivity index (χ4n) is 2.46. The van der Waals surface area contributed by atoms with Crippen LogP contribution in [0.3, 0.4) is 0 Å². The van der Waals surface area contributed by atoms with Crippen molar-refractivity contribution in [3.05, 3.63) is 35.0 Å². The van der Waals surface area contributed by atoms with E-state index in [1.807, 2.05) is 19.1 Å². The highest BCUT2D eigenvalue weighted by molar-refractivity contribution is 6.20. The smallest absolute Gasteiger partial charge is 0.244 e. The summed E-state index contributed by atoms with van der Waals surface area (Å²) in [5, 5.41) is 7.29. The molecular weight excluding hydrogens is 272 g/mol. The SMILES string of the molecule is COC(C)c1ccc2c(c1)-c1nc3nonc3nc1C2=O. The third-order valence-corrected chi connectivity index (χ3v) is 3.70. The van der Waals surface area contributed by atoms with Gasteiger partial charge in [-0.25, -0.2) is 14.6 Å². The van der Waals surface area contributed by atoms with Gasteiger partial charge in [-0.2, -0.15) is 0 Å². The predicted molar refractivity (Wildman–Crippen MR) is 71.7 cm³/mol. The molecule has 0 spiro atoms. The molecule has 2 aromatic heterocycles. The van der Waals surface area contributed by atoms with Gasteiger partial charge in [0, 0.05) is 18.2 Å². The van der Waals surface area contributed by atoms with Gasteiger partial charge in [0.05, 0.1) is 6.10 Å². The molecule has 1 atom stereocenters. The van der Waals surface area contributed by atoms with Crippen molar-refractivity contribution in [2.24, 2.45) is 0 Å². The highest BCUT2D eigenvalue weighted by atomic mass is 16.6. The van der Waals surface area contributed by atoms with Crippen LogP contribution in [0.4, 0.5) is 0 Å². The summed E-state index contributed by atoms with van der Waals surface area (Å²) in [5.41, 5.74) is 3.63. The van der Waals surface area contributed by atoms with Gasteiger partial charge in [-0.15, -0.1) is 0 Å². The Morgan fingerprint density at radius 2 is 1.81 bits per heavy atom. The van der Waals surface area contributed by atoms with Gasteiger partial charge in [0.2, 0.25) is 17.1 Å². The van der Waals surface area contributed by atoms with Gasteiger partial charge in [0.25, 0.3) is 0 Å². The van der Waals surface area contributed by atoms with E-state index in [1.165, 1.54) is 0 Å². The molecule has 1 aliphatic carbocycles. The van der Waals surface area contributed by atoms with Crippen LogP contribution in [0.2, 0.25) is 0 Å². The van der Waals surface area contributed by atoms with Crippen molar-refractivity contribution < 1.29 is 14.2 Å². The van der Waals surface area contributed by atoms with Gasteiger partial charge in [0.1, 0.15) is 11.4 Å². The fraction of sp³-hybridized carbons (Fsp3) is 0.214. The number of hydrogen-bond donors (Lipinski definition) is 0. The molecule has 0 N–H and O–H groups in total. The van der Waals surface area contributed by atoms with E-state index in [2.05, 4.69) is 24.9 Å². The Morgan fingerprint density at radius 1 is 1.10 bits per heavy atom. The molecule has 2 heterocycles. The molecule has 7 heteroatoms. The second-order valence-electron chi connectivity index (χ2n) is 4.84. The van der Waals surface area contributed by atoms with Crippen LogP contribution in [0.5, 0.6) is 0 Å². The molecule has 1 aromatic carbocycles. The van der Waals surface area contributed by atoms with E-state index in [1.54, 1.807) is 13.2 Å². The van der Waals surface area contributed by atoms with Crippen LogP contribution in [0.15, 0.2) is 22.8 Å². The molecule has 21 heavy (non-hydrogen) atoms. The maximum absolute atomic E-state index is 12.4. The Kier molecular flexibility index (Phi) is 2.40. The molecule has 0 fully saturated rings. The number of methoxy groups -OCH3 is 1.